The minimum atomic E-state index is -1.08. The van der Waals surface area contributed by atoms with E-state index in [1.165, 1.54) is 12.1 Å². The van der Waals surface area contributed by atoms with E-state index in [4.69, 9.17) is 5.11 Å². The molecule has 0 saturated heterocycles. The molecule has 0 aromatic heterocycles. The number of likely N-dealkylation sites (N-methyl/N-ethyl adjacent to an activating group) is 1. The third kappa shape index (κ3) is 2.17. The van der Waals surface area contributed by atoms with Crippen LogP contribution in [-0.2, 0) is 0 Å². The van der Waals surface area contributed by atoms with Gasteiger partial charge < -0.3 is 10.4 Å². The van der Waals surface area contributed by atoms with Gasteiger partial charge in [-0.05, 0) is 13.1 Å². The largest absolute Gasteiger partial charge is 0.478 e. The summed E-state index contributed by atoms with van der Waals surface area (Å²) in [4.78, 5) is 22.2. The van der Waals surface area contributed by atoms with Crippen LogP contribution < -0.4 is 5.32 Å². The van der Waals surface area contributed by atoms with Crippen LogP contribution in [0.15, 0.2) is 24.3 Å². The molecular weight excluding hydrogens is 182 g/mol. The molecule has 0 saturated carbocycles. The zero-order valence-electron chi connectivity index (χ0n) is 7.78. The molecule has 4 heteroatoms. The predicted octanol–water partition coefficient (Wildman–Crippen LogP) is 0.787. The lowest BCUT2D eigenvalue weighted by atomic mass is 10.0. The van der Waals surface area contributed by atoms with Crippen molar-refractivity contribution in [1.29, 1.82) is 0 Å². The van der Waals surface area contributed by atoms with Crippen molar-refractivity contribution >= 4 is 11.8 Å². The topological polar surface area (TPSA) is 66.4 Å². The summed E-state index contributed by atoms with van der Waals surface area (Å²) in [5, 5.41) is 11.5. The van der Waals surface area contributed by atoms with Gasteiger partial charge in [0.1, 0.15) is 0 Å². The number of nitrogens with one attached hydrogen (secondary N) is 1. The van der Waals surface area contributed by atoms with Crippen LogP contribution in [0.4, 0.5) is 0 Å². The molecule has 1 rings (SSSR count). The molecular formula is C10H11NO3. The van der Waals surface area contributed by atoms with E-state index in [0.29, 0.717) is 0 Å². The third-order valence-corrected chi connectivity index (χ3v) is 1.80. The van der Waals surface area contributed by atoms with Crippen LogP contribution in [0.2, 0.25) is 0 Å². The van der Waals surface area contributed by atoms with Gasteiger partial charge in [0.15, 0.2) is 5.78 Å². The van der Waals surface area contributed by atoms with Crippen molar-refractivity contribution in [2.24, 2.45) is 0 Å². The van der Waals surface area contributed by atoms with Gasteiger partial charge in [0, 0.05) is 5.56 Å². The van der Waals surface area contributed by atoms with Gasteiger partial charge in [-0.3, -0.25) is 4.79 Å². The smallest absolute Gasteiger partial charge is 0.336 e. The molecule has 0 unspecified atom stereocenters. The molecule has 0 aliphatic heterocycles. The Morgan fingerprint density at radius 1 is 1.29 bits per heavy atom. The van der Waals surface area contributed by atoms with E-state index in [-0.39, 0.29) is 23.5 Å². The Bertz CT molecular complexity index is 360. The Labute approximate surface area is 81.6 Å². The molecule has 4 nitrogen and oxygen atoms in total. The number of benzene rings is 1. The summed E-state index contributed by atoms with van der Waals surface area (Å²) in [6.07, 6.45) is 0. The molecule has 14 heavy (non-hydrogen) atoms. The van der Waals surface area contributed by atoms with E-state index in [0.717, 1.165) is 0 Å². The first-order chi connectivity index (χ1) is 6.66. The molecule has 0 radical (unpaired) electrons. The number of rotatable bonds is 4. The van der Waals surface area contributed by atoms with Crippen molar-refractivity contribution in [2.45, 2.75) is 0 Å². The molecule has 0 atom stereocenters. The number of hydrogen-bond acceptors (Lipinski definition) is 3. The van der Waals surface area contributed by atoms with Crippen LogP contribution in [0, 0.1) is 0 Å². The highest BCUT2D eigenvalue weighted by Gasteiger charge is 2.14. The fourth-order valence-corrected chi connectivity index (χ4v) is 1.17. The lowest BCUT2D eigenvalue weighted by molar-refractivity contribution is 0.0692. The third-order valence-electron chi connectivity index (χ3n) is 1.80. The Kier molecular flexibility index (Phi) is 3.36. The molecule has 0 fully saturated rings. The van der Waals surface area contributed by atoms with Gasteiger partial charge >= 0.3 is 5.97 Å². The molecule has 0 aliphatic carbocycles. The summed E-state index contributed by atoms with van der Waals surface area (Å²) in [7, 11) is 1.64. The number of aromatic carboxylic acids is 1. The lowest BCUT2D eigenvalue weighted by Gasteiger charge is -2.03. The normalized spacial score (nSPS) is 9.79. The fraction of sp³-hybridized carbons (Fsp3) is 0.200. The van der Waals surface area contributed by atoms with E-state index in [1.807, 2.05) is 0 Å². The molecule has 1 aromatic carbocycles. The van der Waals surface area contributed by atoms with Gasteiger partial charge in [0.25, 0.3) is 0 Å². The summed E-state index contributed by atoms with van der Waals surface area (Å²) in [5.41, 5.74) is 0.294. The minimum absolute atomic E-state index is 0.0488. The lowest BCUT2D eigenvalue weighted by Crippen LogP contribution is -2.20. The number of carboxylic acids is 1. The highest BCUT2D eigenvalue weighted by molar-refractivity contribution is 6.06. The molecule has 1 aromatic rings. The highest BCUT2D eigenvalue weighted by Crippen LogP contribution is 2.08. The van der Waals surface area contributed by atoms with E-state index >= 15 is 0 Å². The molecule has 2 N–H and O–H groups in total. The van der Waals surface area contributed by atoms with Crippen LogP contribution in [0.1, 0.15) is 20.7 Å². The van der Waals surface area contributed by atoms with Crippen LogP contribution in [0.5, 0.6) is 0 Å². The maximum Gasteiger partial charge on any atom is 0.336 e. The number of carbonyl (C=O) groups is 2. The van der Waals surface area contributed by atoms with Gasteiger partial charge in [0.05, 0.1) is 12.1 Å². The zero-order chi connectivity index (χ0) is 10.6. The summed E-state index contributed by atoms with van der Waals surface area (Å²) in [6, 6.07) is 6.18. The quantitative estimate of drug-likeness (QED) is 0.694. The second kappa shape index (κ2) is 4.53. The maximum absolute atomic E-state index is 11.4. The summed E-state index contributed by atoms with van der Waals surface area (Å²) in [5.74, 6) is -1.30. The molecule has 74 valence electrons. The zero-order valence-corrected chi connectivity index (χ0v) is 7.78. The van der Waals surface area contributed by atoms with Crippen LogP contribution in [-0.4, -0.2) is 30.5 Å². The predicted molar refractivity (Wildman–Crippen MR) is 51.7 cm³/mol. The van der Waals surface area contributed by atoms with Crippen molar-refractivity contribution in [2.75, 3.05) is 13.6 Å². The first-order valence-electron chi connectivity index (χ1n) is 4.17. The van der Waals surface area contributed by atoms with E-state index in [1.54, 1.807) is 19.2 Å². The molecule has 0 bridgehead atoms. The first-order valence-corrected chi connectivity index (χ1v) is 4.17. The van der Waals surface area contributed by atoms with Crippen molar-refractivity contribution in [3.05, 3.63) is 35.4 Å². The second-order valence-corrected chi connectivity index (χ2v) is 2.80. The van der Waals surface area contributed by atoms with Gasteiger partial charge in [0.2, 0.25) is 0 Å². The SMILES string of the molecule is CNCC(=O)c1ccccc1C(=O)O. The highest BCUT2D eigenvalue weighted by atomic mass is 16.4. The van der Waals surface area contributed by atoms with Gasteiger partial charge in [-0.2, -0.15) is 0 Å². The van der Waals surface area contributed by atoms with E-state index in [2.05, 4.69) is 5.32 Å². The average Bonchev–Trinajstić information content (AvgIpc) is 2.18. The summed E-state index contributed by atoms with van der Waals surface area (Å²) in [6.45, 7) is 0.143. The van der Waals surface area contributed by atoms with Gasteiger partial charge in [-0.1, -0.05) is 18.2 Å². The molecule has 0 heterocycles. The van der Waals surface area contributed by atoms with E-state index < -0.39 is 5.97 Å². The monoisotopic (exact) mass is 193 g/mol. The number of carboxylic acid groups (broad SMARTS) is 1. The van der Waals surface area contributed by atoms with Crippen LogP contribution in [0.3, 0.4) is 0 Å². The number of carbonyl (C=O) groups excluding carboxylic acids is 1. The van der Waals surface area contributed by atoms with Gasteiger partial charge in [-0.25, -0.2) is 4.79 Å². The Morgan fingerprint density at radius 2 is 1.86 bits per heavy atom. The van der Waals surface area contributed by atoms with Crippen molar-refractivity contribution in [1.82, 2.24) is 5.32 Å². The minimum Gasteiger partial charge on any atom is -0.478 e. The first kappa shape index (κ1) is 10.4. The molecule has 0 amide bonds. The molecule has 0 aliphatic rings. The van der Waals surface area contributed by atoms with Crippen LogP contribution in [0.25, 0.3) is 0 Å². The average molecular weight is 193 g/mol. The Balaban J connectivity index is 3.07. The Hall–Kier alpha value is -1.68. The molecule has 0 spiro atoms. The second-order valence-electron chi connectivity index (χ2n) is 2.80. The summed E-state index contributed by atoms with van der Waals surface area (Å²) < 4.78 is 0. The maximum atomic E-state index is 11.4. The fourth-order valence-electron chi connectivity index (χ4n) is 1.17. The number of hydrogen-bond donors (Lipinski definition) is 2. The number of Topliss-reactive ketones (excluding diaryl/α,β-unsaturated/α-hetero) is 1. The summed E-state index contributed by atoms with van der Waals surface area (Å²) >= 11 is 0. The van der Waals surface area contributed by atoms with Crippen molar-refractivity contribution < 1.29 is 14.7 Å². The van der Waals surface area contributed by atoms with Crippen molar-refractivity contribution in [3.63, 3.8) is 0 Å². The van der Waals surface area contributed by atoms with E-state index in [9.17, 15) is 9.59 Å². The Morgan fingerprint density at radius 3 is 2.36 bits per heavy atom. The van der Waals surface area contributed by atoms with Gasteiger partial charge in [-0.15, -0.1) is 0 Å². The van der Waals surface area contributed by atoms with Crippen LogP contribution >= 0.6 is 0 Å². The number of ketones is 1. The van der Waals surface area contributed by atoms with Crippen molar-refractivity contribution in [3.8, 4) is 0 Å². The standard InChI is InChI=1S/C10H11NO3/c1-11-6-9(12)7-4-2-3-5-8(7)10(13)14/h2-5,11H,6H2,1H3,(H,13,14).